The molecule has 2 aromatic carbocycles. The molecule has 0 atom stereocenters. The van der Waals surface area contributed by atoms with Gasteiger partial charge in [0.1, 0.15) is 31.8 Å². The summed E-state index contributed by atoms with van der Waals surface area (Å²) in [5.74, 6) is 0.377. The number of aliphatic carboxylic acids is 1. The van der Waals surface area contributed by atoms with Gasteiger partial charge in [-0.15, -0.1) is 0 Å². The molecule has 0 saturated heterocycles. The van der Waals surface area contributed by atoms with Crippen LogP contribution in [0.1, 0.15) is 23.1 Å². The van der Waals surface area contributed by atoms with Crippen molar-refractivity contribution in [3.63, 3.8) is 0 Å². The molecule has 31 heavy (non-hydrogen) atoms. The van der Waals surface area contributed by atoms with Crippen molar-refractivity contribution in [2.75, 3.05) is 13.7 Å². The number of rotatable bonds is 11. The van der Waals surface area contributed by atoms with Crippen LogP contribution in [0.15, 0.2) is 78.1 Å². The highest BCUT2D eigenvalue weighted by Crippen LogP contribution is 2.16. The molecule has 0 aliphatic carbocycles. The van der Waals surface area contributed by atoms with E-state index in [2.05, 4.69) is 10.1 Å². The van der Waals surface area contributed by atoms with Gasteiger partial charge in [-0.3, -0.25) is 4.79 Å². The highest BCUT2D eigenvalue weighted by Gasteiger charge is 2.06. The molecule has 7 nitrogen and oxygen atoms in total. The minimum Gasteiger partial charge on any atom is -0.487 e. The summed E-state index contributed by atoms with van der Waals surface area (Å²) in [5.41, 5.74) is 3.48. The first-order valence-electron chi connectivity index (χ1n) is 9.81. The van der Waals surface area contributed by atoms with Crippen LogP contribution in [0.2, 0.25) is 0 Å². The Kier molecular flexibility index (Phi) is 7.99. The predicted octanol–water partition coefficient (Wildman–Crippen LogP) is 4.11. The minimum atomic E-state index is -0.824. The summed E-state index contributed by atoms with van der Waals surface area (Å²) in [6.07, 6.45) is 2.17. The molecule has 0 unspecified atom stereocenters. The van der Waals surface area contributed by atoms with Gasteiger partial charge in [0.05, 0.1) is 0 Å². The van der Waals surface area contributed by atoms with Crippen LogP contribution in [0.3, 0.4) is 0 Å². The van der Waals surface area contributed by atoms with Gasteiger partial charge in [-0.25, -0.2) is 4.98 Å². The second kappa shape index (κ2) is 11.3. The van der Waals surface area contributed by atoms with E-state index in [1.54, 1.807) is 12.3 Å². The van der Waals surface area contributed by atoms with Gasteiger partial charge in [-0.1, -0.05) is 53.7 Å². The Morgan fingerprint density at radius 1 is 0.968 bits per heavy atom. The average Bonchev–Trinajstić information content (AvgIpc) is 2.81. The Labute approximate surface area is 180 Å². The van der Waals surface area contributed by atoms with Crippen LogP contribution in [-0.2, 0) is 22.7 Å². The van der Waals surface area contributed by atoms with E-state index in [9.17, 15) is 4.79 Å². The lowest BCUT2D eigenvalue weighted by atomic mass is 10.1. The normalized spacial score (nSPS) is 11.1. The minimum absolute atomic E-state index is 0.0838. The van der Waals surface area contributed by atoms with E-state index in [-0.39, 0.29) is 13.0 Å². The molecule has 3 aromatic rings. The number of oxime groups is 1. The molecule has 0 radical (unpaired) electrons. The SMILES string of the molecule is CO/N=C(/COc1ccc(COc2ccc(CCC(=O)O)cn2)cc1)c1ccccc1. The van der Waals surface area contributed by atoms with Crippen molar-refractivity contribution in [3.8, 4) is 11.6 Å². The number of carboxylic acids is 1. The van der Waals surface area contributed by atoms with E-state index >= 15 is 0 Å². The quantitative estimate of drug-likeness (QED) is 0.371. The van der Waals surface area contributed by atoms with Crippen LogP contribution in [0, 0.1) is 0 Å². The number of benzene rings is 2. The second-order valence-electron chi connectivity index (χ2n) is 6.71. The molecular formula is C24H24N2O5. The summed E-state index contributed by atoms with van der Waals surface area (Å²) >= 11 is 0. The number of ether oxygens (including phenoxy) is 2. The topological polar surface area (TPSA) is 90.2 Å². The molecule has 0 spiro atoms. The number of aromatic nitrogens is 1. The third-order valence-electron chi connectivity index (χ3n) is 4.42. The highest BCUT2D eigenvalue weighted by atomic mass is 16.6. The zero-order valence-electron chi connectivity index (χ0n) is 17.2. The van der Waals surface area contributed by atoms with Crippen molar-refractivity contribution in [3.05, 3.63) is 89.6 Å². The molecule has 1 heterocycles. The highest BCUT2D eigenvalue weighted by molar-refractivity contribution is 6.01. The smallest absolute Gasteiger partial charge is 0.303 e. The summed E-state index contributed by atoms with van der Waals surface area (Å²) in [5, 5.41) is 12.8. The first-order valence-corrected chi connectivity index (χ1v) is 9.81. The first kappa shape index (κ1) is 21.8. The molecule has 7 heteroatoms. The predicted molar refractivity (Wildman–Crippen MR) is 116 cm³/mol. The fourth-order valence-corrected chi connectivity index (χ4v) is 2.79. The molecule has 3 rings (SSSR count). The first-order chi connectivity index (χ1) is 15.1. The second-order valence-corrected chi connectivity index (χ2v) is 6.71. The van der Waals surface area contributed by atoms with Gasteiger partial charge >= 0.3 is 5.97 Å². The molecule has 0 aliphatic heterocycles. The fraction of sp³-hybridized carbons (Fsp3) is 0.208. The summed E-state index contributed by atoms with van der Waals surface area (Å²) in [6, 6.07) is 20.9. The number of hydrogen-bond donors (Lipinski definition) is 1. The fourth-order valence-electron chi connectivity index (χ4n) is 2.79. The average molecular weight is 420 g/mol. The van der Waals surface area contributed by atoms with Crippen LogP contribution >= 0.6 is 0 Å². The van der Waals surface area contributed by atoms with Crippen molar-refractivity contribution in [1.82, 2.24) is 4.98 Å². The summed E-state index contributed by atoms with van der Waals surface area (Å²) in [7, 11) is 1.51. The maximum atomic E-state index is 10.6. The molecule has 0 fully saturated rings. The van der Waals surface area contributed by atoms with E-state index < -0.39 is 5.97 Å². The molecule has 1 aromatic heterocycles. The standard InChI is InChI=1S/C24H24N2O5/c1-29-26-22(20-5-3-2-4-6-20)17-30-21-11-7-19(8-12-21)16-31-23-13-9-18(15-25-23)10-14-24(27)28/h2-9,11-13,15H,10,14,16-17H2,1H3,(H,27,28)/b26-22-. The molecular weight excluding hydrogens is 396 g/mol. The monoisotopic (exact) mass is 420 g/mol. The summed E-state index contributed by atoms with van der Waals surface area (Å²) in [6.45, 7) is 0.647. The van der Waals surface area contributed by atoms with Gasteiger partial charge in [0, 0.05) is 24.2 Å². The van der Waals surface area contributed by atoms with Crippen LogP contribution < -0.4 is 9.47 Å². The van der Waals surface area contributed by atoms with Crippen molar-refractivity contribution in [2.24, 2.45) is 5.16 Å². The Hall–Kier alpha value is -3.87. The molecule has 0 amide bonds. The molecule has 0 aliphatic rings. The third kappa shape index (κ3) is 7.15. The largest absolute Gasteiger partial charge is 0.487 e. The van der Waals surface area contributed by atoms with E-state index in [0.29, 0.717) is 30.4 Å². The molecule has 160 valence electrons. The van der Waals surface area contributed by atoms with Crippen LogP contribution in [-0.4, -0.2) is 35.5 Å². The van der Waals surface area contributed by atoms with Crippen molar-refractivity contribution < 1.29 is 24.2 Å². The zero-order chi connectivity index (χ0) is 21.9. The molecule has 0 bridgehead atoms. The Morgan fingerprint density at radius 2 is 1.71 bits per heavy atom. The van der Waals surface area contributed by atoms with Gasteiger partial charge in [-0.2, -0.15) is 0 Å². The van der Waals surface area contributed by atoms with Crippen molar-refractivity contribution >= 4 is 11.7 Å². The van der Waals surface area contributed by atoms with E-state index in [4.69, 9.17) is 19.4 Å². The Morgan fingerprint density at radius 3 is 2.35 bits per heavy atom. The van der Waals surface area contributed by atoms with Crippen LogP contribution in [0.4, 0.5) is 0 Å². The third-order valence-corrected chi connectivity index (χ3v) is 4.42. The van der Waals surface area contributed by atoms with Crippen molar-refractivity contribution in [2.45, 2.75) is 19.4 Å². The number of nitrogens with zero attached hydrogens (tertiary/aromatic N) is 2. The number of pyridine rings is 1. The van der Waals surface area contributed by atoms with Gasteiger partial charge in [0.15, 0.2) is 0 Å². The van der Waals surface area contributed by atoms with E-state index in [0.717, 1.165) is 16.7 Å². The number of aryl methyl sites for hydroxylation is 1. The lowest BCUT2D eigenvalue weighted by Crippen LogP contribution is -2.13. The maximum absolute atomic E-state index is 10.6. The molecule has 1 N–H and O–H groups in total. The number of hydrogen-bond acceptors (Lipinski definition) is 6. The summed E-state index contributed by atoms with van der Waals surface area (Å²) in [4.78, 5) is 19.8. The lowest BCUT2D eigenvalue weighted by molar-refractivity contribution is -0.136. The van der Waals surface area contributed by atoms with Crippen LogP contribution in [0.5, 0.6) is 11.6 Å². The Bertz CT molecular complexity index is 987. The number of carbonyl (C=O) groups is 1. The van der Waals surface area contributed by atoms with Gasteiger partial charge in [-0.05, 0) is 29.7 Å². The van der Waals surface area contributed by atoms with Crippen molar-refractivity contribution in [1.29, 1.82) is 0 Å². The zero-order valence-corrected chi connectivity index (χ0v) is 17.2. The molecule has 0 saturated carbocycles. The van der Waals surface area contributed by atoms with Gasteiger partial charge in [0.2, 0.25) is 5.88 Å². The lowest BCUT2D eigenvalue weighted by Gasteiger charge is -2.10. The van der Waals surface area contributed by atoms with Gasteiger partial charge < -0.3 is 19.4 Å². The summed E-state index contributed by atoms with van der Waals surface area (Å²) < 4.78 is 11.5. The van der Waals surface area contributed by atoms with E-state index in [1.165, 1.54) is 7.11 Å². The van der Waals surface area contributed by atoms with Gasteiger partial charge in [0.25, 0.3) is 0 Å². The van der Waals surface area contributed by atoms with Crippen LogP contribution in [0.25, 0.3) is 0 Å². The maximum Gasteiger partial charge on any atom is 0.303 e. The van der Waals surface area contributed by atoms with E-state index in [1.807, 2.05) is 60.7 Å². The number of carboxylic acid groups (broad SMARTS) is 1. The Balaban J connectivity index is 1.50.